The molecule has 3 N–H and O–H groups in total. The van der Waals surface area contributed by atoms with Gasteiger partial charge in [-0.1, -0.05) is 76.9 Å². The van der Waals surface area contributed by atoms with E-state index in [1.54, 1.807) is 0 Å². The van der Waals surface area contributed by atoms with Gasteiger partial charge in [0.05, 0.1) is 45.4 Å². The van der Waals surface area contributed by atoms with E-state index in [0.717, 1.165) is 19.4 Å². The van der Waals surface area contributed by atoms with Crippen LogP contribution in [0.25, 0.3) is 0 Å². The van der Waals surface area contributed by atoms with Crippen molar-refractivity contribution in [1.29, 1.82) is 0 Å². The Morgan fingerprint density at radius 3 is 1.16 bits per heavy atom. The maximum Gasteiger partial charge on any atom is 0.303 e. The Morgan fingerprint density at radius 2 is 0.789 bits per heavy atom. The second-order valence-corrected chi connectivity index (χ2v) is 11.0. The smallest absolute Gasteiger partial charge is 0.303 e. The largest absolute Gasteiger partial charge is 0.481 e. The number of carboxylic acid groups (broad SMARTS) is 3. The van der Waals surface area contributed by atoms with Gasteiger partial charge in [-0.25, -0.2) is 0 Å². The average Bonchev–Trinajstić information content (AvgIpc) is 2.85. The van der Waals surface area contributed by atoms with Crippen LogP contribution < -0.4 is 0 Å². The molecular formula is C31H58NO6+. The van der Waals surface area contributed by atoms with Crippen molar-refractivity contribution in [3.63, 3.8) is 0 Å². The highest BCUT2D eigenvalue weighted by molar-refractivity contribution is 5.67. The molecule has 0 aromatic carbocycles. The molecule has 0 bridgehead atoms. The minimum Gasteiger partial charge on any atom is -0.481 e. The number of rotatable bonds is 29. The number of hydrogen-bond donors (Lipinski definition) is 3. The van der Waals surface area contributed by atoms with Gasteiger partial charge in [-0.05, 0) is 38.5 Å². The van der Waals surface area contributed by atoms with Crippen LogP contribution >= 0.6 is 0 Å². The van der Waals surface area contributed by atoms with E-state index in [4.69, 9.17) is 15.3 Å². The Morgan fingerprint density at radius 1 is 0.474 bits per heavy atom. The van der Waals surface area contributed by atoms with Gasteiger partial charge in [-0.15, -0.1) is 0 Å². The lowest BCUT2D eigenvalue weighted by atomic mass is 10.0. The lowest BCUT2D eigenvalue weighted by molar-refractivity contribution is -0.929. The molecule has 0 aliphatic carbocycles. The van der Waals surface area contributed by atoms with Crippen LogP contribution in [0.5, 0.6) is 0 Å². The fourth-order valence-corrected chi connectivity index (χ4v) is 5.24. The highest BCUT2D eigenvalue weighted by Gasteiger charge is 2.27. The Kier molecular flexibility index (Phi) is 24.1. The first-order valence-electron chi connectivity index (χ1n) is 15.5. The molecule has 0 amide bonds. The predicted octanol–water partition coefficient (Wildman–Crippen LogP) is 7.83. The maximum absolute atomic E-state index is 11.1. The lowest BCUT2D eigenvalue weighted by Gasteiger charge is -2.39. The molecule has 0 fully saturated rings. The first-order chi connectivity index (χ1) is 18.3. The van der Waals surface area contributed by atoms with Crippen LogP contribution in [0.3, 0.4) is 0 Å². The van der Waals surface area contributed by atoms with Crippen LogP contribution in [0.4, 0.5) is 0 Å². The van der Waals surface area contributed by atoms with Crippen molar-refractivity contribution in [1.82, 2.24) is 0 Å². The molecule has 222 valence electrons. The van der Waals surface area contributed by atoms with Crippen molar-refractivity contribution in [2.75, 3.05) is 26.2 Å². The summed E-state index contributed by atoms with van der Waals surface area (Å²) in [5.41, 5.74) is 0. The summed E-state index contributed by atoms with van der Waals surface area (Å²) < 4.78 is 0.640. The summed E-state index contributed by atoms with van der Waals surface area (Å²) in [6.45, 7) is 5.11. The Hall–Kier alpha value is -1.89. The second kappa shape index (κ2) is 25.4. The molecule has 0 aliphatic heterocycles. The van der Waals surface area contributed by atoms with E-state index in [-0.39, 0.29) is 19.3 Å². The highest BCUT2D eigenvalue weighted by Crippen LogP contribution is 2.19. The normalized spacial score (nSPS) is 11.8. The summed E-state index contributed by atoms with van der Waals surface area (Å²) in [7, 11) is 0. The zero-order chi connectivity index (χ0) is 28.3. The molecule has 0 atom stereocenters. The predicted molar refractivity (Wildman–Crippen MR) is 154 cm³/mol. The number of carboxylic acids is 3. The third-order valence-corrected chi connectivity index (χ3v) is 7.46. The van der Waals surface area contributed by atoms with Gasteiger partial charge in [0.15, 0.2) is 0 Å². The molecule has 7 heteroatoms. The molecular weight excluding hydrogens is 482 g/mol. The van der Waals surface area contributed by atoms with Crippen molar-refractivity contribution >= 4 is 17.9 Å². The van der Waals surface area contributed by atoms with Crippen LogP contribution in [0.15, 0.2) is 12.2 Å². The van der Waals surface area contributed by atoms with Gasteiger partial charge in [-0.3, -0.25) is 14.4 Å². The van der Waals surface area contributed by atoms with Crippen LogP contribution in [0, 0.1) is 0 Å². The van der Waals surface area contributed by atoms with Gasteiger partial charge in [0.25, 0.3) is 0 Å². The summed E-state index contributed by atoms with van der Waals surface area (Å²) in [5, 5.41) is 27.2. The minimum atomic E-state index is -0.826. The second-order valence-electron chi connectivity index (χ2n) is 11.0. The molecule has 0 unspecified atom stereocenters. The van der Waals surface area contributed by atoms with Crippen molar-refractivity contribution in [3.8, 4) is 0 Å². The molecule has 7 nitrogen and oxygen atoms in total. The van der Waals surface area contributed by atoms with E-state index in [1.165, 1.54) is 83.5 Å². The average molecular weight is 541 g/mol. The van der Waals surface area contributed by atoms with Crippen molar-refractivity contribution in [2.45, 2.75) is 142 Å². The van der Waals surface area contributed by atoms with E-state index >= 15 is 0 Å². The molecule has 0 aromatic rings. The molecule has 0 aliphatic rings. The molecule has 0 rings (SSSR count). The van der Waals surface area contributed by atoms with Crippen molar-refractivity contribution < 1.29 is 34.2 Å². The summed E-state index contributed by atoms with van der Waals surface area (Å²) in [5.74, 6) is -2.48. The van der Waals surface area contributed by atoms with E-state index in [9.17, 15) is 14.4 Å². The van der Waals surface area contributed by atoms with E-state index < -0.39 is 17.9 Å². The Labute approximate surface area is 232 Å². The van der Waals surface area contributed by atoms with E-state index in [0.29, 0.717) is 43.4 Å². The number of carbonyl (C=O) groups is 3. The van der Waals surface area contributed by atoms with Gasteiger partial charge >= 0.3 is 17.9 Å². The van der Waals surface area contributed by atoms with E-state index in [1.807, 2.05) is 0 Å². The number of unbranched alkanes of at least 4 members (excludes halogenated alkanes) is 13. The molecule has 0 saturated heterocycles. The molecule has 0 saturated carbocycles. The minimum absolute atomic E-state index is 0.0905. The van der Waals surface area contributed by atoms with Crippen molar-refractivity contribution in [3.05, 3.63) is 12.2 Å². The highest BCUT2D eigenvalue weighted by atomic mass is 16.4. The molecule has 0 heterocycles. The monoisotopic (exact) mass is 540 g/mol. The Bertz CT molecular complexity index is 584. The first kappa shape index (κ1) is 36.1. The third kappa shape index (κ3) is 24.4. The standard InChI is InChI=1S/C31H57NO6/c1-2-3-4-5-6-7-8-9-10-11-12-13-14-15-16-17-18-25-32(26-19-22-29(33)34,27-20-23-30(35)36)28-21-24-31(37)38/h7-8H,2-6,9-28H2,1H3,(H2-,33,34,35,36,37,38)/p+1/b8-7+. The maximum atomic E-state index is 11.1. The Balaban J connectivity index is 4.23. The summed E-state index contributed by atoms with van der Waals surface area (Å²) in [6.07, 6.45) is 25.3. The molecule has 38 heavy (non-hydrogen) atoms. The van der Waals surface area contributed by atoms with Crippen LogP contribution in [-0.4, -0.2) is 63.9 Å². The van der Waals surface area contributed by atoms with Gasteiger partial charge in [0.2, 0.25) is 0 Å². The summed E-state index contributed by atoms with van der Waals surface area (Å²) in [6, 6.07) is 0. The molecule has 0 aromatic heterocycles. The van der Waals surface area contributed by atoms with Gasteiger partial charge < -0.3 is 19.8 Å². The summed E-state index contributed by atoms with van der Waals surface area (Å²) in [4.78, 5) is 33.2. The number of hydrogen-bond acceptors (Lipinski definition) is 3. The SMILES string of the molecule is CCCCCC/C=C/CCCCCCCCCCC[N+](CCCC(=O)O)(CCCC(=O)O)CCCC(=O)O. The number of allylic oxidation sites excluding steroid dienone is 2. The van der Waals surface area contributed by atoms with Crippen molar-refractivity contribution in [2.24, 2.45) is 0 Å². The van der Waals surface area contributed by atoms with Crippen LogP contribution in [0.1, 0.15) is 142 Å². The topological polar surface area (TPSA) is 112 Å². The third-order valence-electron chi connectivity index (χ3n) is 7.46. The van der Waals surface area contributed by atoms with Gasteiger partial charge in [0, 0.05) is 19.3 Å². The zero-order valence-electron chi connectivity index (χ0n) is 24.3. The zero-order valence-corrected chi connectivity index (χ0v) is 24.3. The number of aliphatic carboxylic acids is 3. The van der Waals surface area contributed by atoms with Gasteiger partial charge in [0.1, 0.15) is 0 Å². The lowest BCUT2D eigenvalue weighted by Crippen LogP contribution is -2.51. The van der Waals surface area contributed by atoms with E-state index in [2.05, 4.69) is 19.1 Å². The van der Waals surface area contributed by atoms with Gasteiger partial charge in [-0.2, -0.15) is 0 Å². The molecule has 0 spiro atoms. The number of nitrogens with zero attached hydrogens (tertiary/aromatic N) is 1. The first-order valence-corrected chi connectivity index (χ1v) is 15.5. The van der Waals surface area contributed by atoms with Crippen LogP contribution in [0.2, 0.25) is 0 Å². The van der Waals surface area contributed by atoms with Crippen LogP contribution in [-0.2, 0) is 14.4 Å². The molecule has 0 radical (unpaired) electrons. The quantitative estimate of drug-likeness (QED) is 0.0506. The summed E-state index contributed by atoms with van der Waals surface area (Å²) >= 11 is 0. The fourth-order valence-electron chi connectivity index (χ4n) is 5.24. The number of quaternary nitrogens is 1. The fraction of sp³-hybridized carbons (Fsp3) is 0.839.